The number of methoxy groups -OCH3 is 2. The Hall–Kier alpha value is -6.39. The number of carbonyl (C=O) groups is 4. The molecule has 4 aliphatic rings. The molecule has 372 valence electrons. The molecule has 4 aromatic rings. The van der Waals surface area contributed by atoms with Crippen LogP contribution in [-0.2, 0) is 45.2 Å². The summed E-state index contributed by atoms with van der Waals surface area (Å²) in [6.07, 6.45) is 2.74. The lowest BCUT2D eigenvalue weighted by atomic mass is 9.90. The molecule has 25 heteroatoms. The summed E-state index contributed by atoms with van der Waals surface area (Å²) in [7, 11) is 2.63. The first-order valence-corrected chi connectivity index (χ1v) is 21.7. The summed E-state index contributed by atoms with van der Waals surface area (Å²) in [5.41, 5.74) is -8.67. The van der Waals surface area contributed by atoms with Crippen LogP contribution in [0.4, 0.5) is 53.5 Å². The van der Waals surface area contributed by atoms with Crippen LogP contribution in [0.1, 0.15) is 58.4 Å². The maximum Gasteiger partial charge on any atom is 0.358 e. The summed E-state index contributed by atoms with van der Waals surface area (Å²) >= 11 is 14.4. The lowest BCUT2D eigenvalue weighted by molar-refractivity contribution is -0.191. The number of halogens is 13. The Morgan fingerprint density at radius 2 is 0.786 bits per heavy atom. The van der Waals surface area contributed by atoms with Gasteiger partial charge in [0.1, 0.15) is 11.5 Å². The molecular formula is C45H33Cl3F10N4O8. The first-order chi connectivity index (χ1) is 33.1. The van der Waals surface area contributed by atoms with Crippen molar-refractivity contribution in [1.29, 1.82) is 0 Å². The van der Waals surface area contributed by atoms with Gasteiger partial charge in [0, 0.05) is 11.1 Å². The van der Waals surface area contributed by atoms with Gasteiger partial charge in [0.15, 0.2) is 50.8 Å². The molecule has 0 aliphatic carbocycles. The molecule has 0 radical (unpaired) electrons. The molecule has 70 heavy (non-hydrogen) atoms. The van der Waals surface area contributed by atoms with Crippen LogP contribution < -0.4 is 9.47 Å². The van der Waals surface area contributed by atoms with Crippen LogP contribution in [0.25, 0.3) is 24.3 Å². The first-order valence-electron chi connectivity index (χ1n) is 20.3. The van der Waals surface area contributed by atoms with E-state index in [1.807, 2.05) is 0 Å². The smallest absolute Gasteiger partial charge is 0.358 e. The Morgan fingerprint density at radius 1 is 0.514 bits per heavy atom. The first kappa shape index (κ1) is 51.5. The summed E-state index contributed by atoms with van der Waals surface area (Å²) in [5, 5.41) is 0. The summed E-state index contributed by atoms with van der Waals surface area (Å²) in [6.45, 7) is -0.760. The lowest BCUT2D eigenvalue weighted by Crippen LogP contribution is -2.75. The summed E-state index contributed by atoms with van der Waals surface area (Å²) in [5.74, 6) is -25.2. The molecule has 4 heterocycles. The van der Waals surface area contributed by atoms with E-state index in [0.717, 1.165) is 43.9 Å². The highest BCUT2D eigenvalue weighted by Gasteiger charge is 2.87. The second-order valence-corrected chi connectivity index (χ2v) is 17.2. The van der Waals surface area contributed by atoms with Crippen molar-refractivity contribution >= 4 is 83.1 Å². The third-order valence-corrected chi connectivity index (χ3v) is 12.0. The van der Waals surface area contributed by atoms with Crippen molar-refractivity contribution in [3.05, 3.63) is 127 Å². The van der Waals surface area contributed by atoms with Crippen molar-refractivity contribution < 1.29 is 82.0 Å². The maximum atomic E-state index is 15.4. The van der Waals surface area contributed by atoms with Crippen LogP contribution in [0, 0.1) is 58.2 Å². The number of amides is 4. The highest BCUT2D eigenvalue weighted by Crippen LogP contribution is 2.59. The minimum Gasteiger partial charge on any atom is -0.496 e. The van der Waals surface area contributed by atoms with Crippen molar-refractivity contribution in [1.82, 2.24) is 19.6 Å². The number of fused-ring (bicyclic) bond motifs is 2. The number of carbonyl (C=O) groups excluding carboxylic acids is 4. The van der Waals surface area contributed by atoms with Gasteiger partial charge in [0.05, 0.1) is 64.7 Å². The Morgan fingerprint density at radius 3 is 1.06 bits per heavy atom. The Labute approximate surface area is 405 Å². The van der Waals surface area contributed by atoms with Crippen molar-refractivity contribution in [2.24, 2.45) is 0 Å². The number of alkyl halides is 3. The maximum absolute atomic E-state index is 15.4. The third-order valence-electron chi connectivity index (χ3n) is 12.0. The van der Waals surface area contributed by atoms with Gasteiger partial charge in [-0.15, -0.1) is 0 Å². The van der Waals surface area contributed by atoms with E-state index in [4.69, 9.17) is 53.8 Å². The highest BCUT2D eigenvalue weighted by atomic mass is 35.6. The molecule has 0 bridgehead atoms. The second-order valence-electron chi connectivity index (χ2n) is 15.2. The van der Waals surface area contributed by atoms with Crippen molar-refractivity contribution in [2.45, 2.75) is 55.6 Å². The fourth-order valence-electron chi connectivity index (χ4n) is 9.12. The molecule has 4 aromatic carbocycles. The Balaban J connectivity index is 0.00000174. The average Bonchev–Trinajstić information content (AvgIpc) is 3.48. The van der Waals surface area contributed by atoms with E-state index in [0.29, 0.717) is 12.2 Å². The molecule has 0 unspecified atom stereocenters. The van der Waals surface area contributed by atoms with Gasteiger partial charge in [0.25, 0.3) is 11.3 Å². The molecule has 12 nitrogen and oxygen atoms in total. The van der Waals surface area contributed by atoms with E-state index in [1.54, 1.807) is 0 Å². The second kappa shape index (κ2) is 19.4. The summed E-state index contributed by atoms with van der Waals surface area (Å²) in [6, 6.07) is 3.02. The third kappa shape index (κ3) is 7.60. The monoisotopic (exact) mass is 1050 g/mol. The van der Waals surface area contributed by atoms with Crippen molar-refractivity contribution in [3.8, 4) is 11.5 Å². The average molecular weight is 1050 g/mol. The quantitative estimate of drug-likeness (QED) is 0.0385. The van der Waals surface area contributed by atoms with E-state index in [9.17, 15) is 48.7 Å². The SMILES string of the molecule is CCOC(=O)C12N3Cc4c(/C=C/c5c(F)c(F)c(F)c(F)c5F)ccc(/C=C/c5c(F)c(F)c(F)c(F)c5F)c4CN1C(=O)N1Cc4c(OC)ccc(OC)c4CN(C3=O)C12C(=O)OCC.ClC(Cl)Cl. The summed E-state index contributed by atoms with van der Waals surface area (Å²) < 4.78 is 167. The zero-order chi connectivity index (χ0) is 51.5. The molecule has 0 saturated carbocycles. The summed E-state index contributed by atoms with van der Waals surface area (Å²) in [4.78, 5) is 64.2. The van der Waals surface area contributed by atoms with Crippen molar-refractivity contribution in [3.63, 3.8) is 0 Å². The predicted octanol–water partition coefficient (Wildman–Crippen LogP) is 10.1. The fourth-order valence-corrected chi connectivity index (χ4v) is 9.12. The van der Waals surface area contributed by atoms with Gasteiger partial charge >= 0.3 is 24.0 Å². The molecule has 2 saturated heterocycles. The Kier molecular flexibility index (Phi) is 14.3. The van der Waals surface area contributed by atoms with Gasteiger partial charge in [-0.25, -0.2) is 63.1 Å². The number of rotatable bonds is 10. The number of esters is 2. The van der Waals surface area contributed by atoms with Crippen LogP contribution in [-0.4, -0.2) is 86.7 Å². The predicted molar refractivity (Wildman–Crippen MR) is 229 cm³/mol. The standard InChI is InChI=1S/C44H32F10N4O8.CHCl3/c1-5-65-39(59)43-44(40(60)66-6-2)57-17-25-26(28(64-4)14-13-27(25)63-3)18-58(44)42(62)56(43)16-24-20(10-12-22-31(47)35(51)38(54)36(52)32(22)48)8-7-19(23(24)15-55(43)41(57)61)9-11-21-29(45)33(49)37(53)34(50)30(21)46;2-1(3)4/h7-14H,5-6,15-18H2,1-4H3;1H/b11-9+,12-10+;. The highest BCUT2D eigenvalue weighted by molar-refractivity contribution is 6.63. The number of nitrogens with zero attached hydrogens (tertiary/aromatic N) is 4. The molecule has 4 aliphatic heterocycles. The molecule has 0 atom stereocenters. The molecule has 0 spiro atoms. The largest absolute Gasteiger partial charge is 0.496 e. The molecule has 4 amide bonds. The molecular weight excluding hydrogens is 1020 g/mol. The van der Waals surface area contributed by atoms with Gasteiger partial charge in [-0.3, -0.25) is 19.6 Å². The Bertz CT molecular complexity index is 2720. The number of benzene rings is 4. The zero-order valence-electron chi connectivity index (χ0n) is 36.4. The minimum atomic E-state index is -2.85. The van der Waals surface area contributed by atoms with Crippen molar-refractivity contribution in [2.75, 3.05) is 27.4 Å². The number of hydrogen-bond acceptors (Lipinski definition) is 8. The van der Waals surface area contributed by atoms with Crippen LogP contribution in [0.5, 0.6) is 11.5 Å². The van der Waals surface area contributed by atoms with Crippen LogP contribution in [0.15, 0.2) is 24.3 Å². The van der Waals surface area contributed by atoms with Gasteiger partial charge < -0.3 is 18.9 Å². The molecule has 2 fully saturated rings. The topological polar surface area (TPSA) is 118 Å². The lowest BCUT2D eigenvalue weighted by Gasteiger charge is -2.44. The number of urea groups is 2. The molecule has 8 rings (SSSR count). The van der Waals surface area contributed by atoms with Gasteiger partial charge in [-0.1, -0.05) is 59.1 Å². The normalized spacial score (nSPS) is 19.0. The van der Waals surface area contributed by atoms with Gasteiger partial charge in [0.2, 0.25) is 11.6 Å². The van der Waals surface area contributed by atoms with E-state index in [-0.39, 0.29) is 51.5 Å². The molecule has 0 aromatic heterocycles. The van der Waals surface area contributed by atoms with Crippen LogP contribution in [0.3, 0.4) is 0 Å². The number of ether oxygens (including phenoxy) is 4. The van der Waals surface area contributed by atoms with Crippen LogP contribution >= 0.6 is 34.8 Å². The zero-order valence-corrected chi connectivity index (χ0v) is 38.7. The van der Waals surface area contributed by atoms with Crippen LogP contribution in [0.2, 0.25) is 0 Å². The fraction of sp³-hybridized carbons (Fsp3) is 0.289. The number of hydrogen-bond donors (Lipinski definition) is 0. The van der Waals surface area contributed by atoms with E-state index >= 15 is 14.4 Å². The van der Waals surface area contributed by atoms with Gasteiger partial charge in [-0.2, -0.15) is 0 Å². The van der Waals surface area contributed by atoms with Gasteiger partial charge in [-0.05, 0) is 60.4 Å². The minimum absolute atomic E-state index is 0.170. The van der Waals surface area contributed by atoms with E-state index in [2.05, 4.69) is 0 Å². The molecule has 0 N–H and O–H groups in total. The van der Waals surface area contributed by atoms with E-state index in [1.165, 1.54) is 40.2 Å². The van der Waals surface area contributed by atoms with E-state index < -0.39 is 142 Å².